The first-order valence-electron chi connectivity index (χ1n) is 6.79. The fourth-order valence-corrected chi connectivity index (χ4v) is 3.48. The lowest BCUT2D eigenvalue weighted by Crippen LogP contribution is -2.25. The van der Waals surface area contributed by atoms with Gasteiger partial charge in [0.2, 0.25) is 0 Å². The van der Waals surface area contributed by atoms with Crippen molar-refractivity contribution in [2.75, 3.05) is 25.1 Å². The average molecular weight is 284 g/mol. The van der Waals surface area contributed by atoms with E-state index in [4.69, 9.17) is 4.74 Å². The second-order valence-corrected chi connectivity index (χ2v) is 7.32. The predicted molar refractivity (Wildman–Crippen MR) is 78.5 cm³/mol. The molecule has 1 unspecified atom stereocenters. The van der Waals surface area contributed by atoms with Crippen molar-refractivity contribution in [1.82, 2.24) is 4.98 Å². The van der Waals surface area contributed by atoms with E-state index in [1.807, 2.05) is 0 Å². The Morgan fingerprint density at radius 2 is 2.21 bits per heavy atom. The quantitative estimate of drug-likeness (QED) is 0.923. The molecule has 19 heavy (non-hydrogen) atoms. The van der Waals surface area contributed by atoms with Crippen molar-refractivity contribution in [3.63, 3.8) is 0 Å². The Morgan fingerprint density at radius 3 is 2.74 bits per heavy atom. The molecule has 0 bridgehead atoms. The highest BCUT2D eigenvalue weighted by molar-refractivity contribution is 7.15. The Hall–Kier alpha value is -0.650. The molecule has 2 rings (SSSR count). The van der Waals surface area contributed by atoms with Crippen molar-refractivity contribution in [1.29, 1.82) is 0 Å². The first-order valence-corrected chi connectivity index (χ1v) is 7.60. The van der Waals surface area contributed by atoms with Gasteiger partial charge in [0.1, 0.15) is 0 Å². The number of rotatable bonds is 4. The molecule has 2 heterocycles. The van der Waals surface area contributed by atoms with Crippen LogP contribution in [-0.2, 0) is 18.0 Å². The Labute approximate surface area is 119 Å². The van der Waals surface area contributed by atoms with Crippen LogP contribution in [0, 0.1) is 11.3 Å². The smallest absolute Gasteiger partial charge is 0.185 e. The lowest BCUT2D eigenvalue weighted by atomic mass is 9.80. The maximum Gasteiger partial charge on any atom is 0.185 e. The second kappa shape index (κ2) is 5.77. The van der Waals surface area contributed by atoms with E-state index in [0.717, 1.165) is 28.8 Å². The summed E-state index contributed by atoms with van der Waals surface area (Å²) >= 11 is 1.59. The summed E-state index contributed by atoms with van der Waals surface area (Å²) in [6.45, 7) is 9.56. The van der Waals surface area contributed by atoms with Gasteiger partial charge in [0.15, 0.2) is 5.13 Å². The number of anilines is 1. The van der Waals surface area contributed by atoms with Gasteiger partial charge in [-0.2, -0.15) is 0 Å². The van der Waals surface area contributed by atoms with Gasteiger partial charge in [-0.15, -0.1) is 0 Å². The molecular weight excluding hydrogens is 260 g/mol. The maximum atomic E-state index is 9.38. The van der Waals surface area contributed by atoms with Gasteiger partial charge in [-0.05, 0) is 17.8 Å². The third-order valence-electron chi connectivity index (χ3n) is 3.88. The van der Waals surface area contributed by atoms with E-state index in [9.17, 15) is 5.11 Å². The topological polar surface area (TPSA) is 45.6 Å². The number of thiazole rings is 1. The molecule has 0 spiro atoms. The number of nitrogens with zero attached hydrogens (tertiary/aromatic N) is 2. The van der Waals surface area contributed by atoms with Crippen LogP contribution in [0.4, 0.5) is 5.13 Å². The molecule has 108 valence electrons. The van der Waals surface area contributed by atoms with Crippen LogP contribution in [0.3, 0.4) is 0 Å². The molecule has 0 radical (unpaired) electrons. The first-order chi connectivity index (χ1) is 8.95. The molecular formula is C14H24N2O2S. The van der Waals surface area contributed by atoms with E-state index in [1.165, 1.54) is 6.42 Å². The Morgan fingerprint density at radius 1 is 1.47 bits per heavy atom. The van der Waals surface area contributed by atoms with Crippen LogP contribution in [0.1, 0.15) is 37.8 Å². The van der Waals surface area contributed by atoms with Gasteiger partial charge in [0.25, 0.3) is 0 Å². The third-order valence-corrected chi connectivity index (χ3v) is 5.02. The molecule has 1 aliphatic rings. The van der Waals surface area contributed by atoms with Gasteiger partial charge in [-0.25, -0.2) is 4.98 Å². The van der Waals surface area contributed by atoms with E-state index in [1.54, 1.807) is 18.4 Å². The van der Waals surface area contributed by atoms with Crippen molar-refractivity contribution in [2.24, 2.45) is 11.3 Å². The SMILES string of the molecule is COCc1nc(N2CCC(C(C)(C)C)C2)sc1CO. The van der Waals surface area contributed by atoms with Gasteiger partial charge >= 0.3 is 0 Å². The Bertz CT molecular complexity index is 426. The molecule has 1 aromatic rings. The summed E-state index contributed by atoms with van der Waals surface area (Å²) in [6, 6.07) is 0. The number of aliphatic hydroxyl groups is 1. The highest BCUT2D eigenvalue weighted by atomic mass is 32.1. The zero-order chi connectivity index (χ0) is 14.0. The molecule has 4 nitrogen and oxygen atoms in total. The second-order valence-electron chi connectivity index (χ2n) is 6.26. The minimum Gasteiger partial charge on any atom is -0.391 e. The number of hydrogen-bond donors (Lipinski definition) is 1. The normalized spacial score (nSPS) is 20.3. The molecule has 5 heteroatoms. The van der Waals surface area contributed by atoms with Crippen LogP contribution < -0.4 is 4.90 Å². The number of ether oxygens (including phenoxy) is 1. The minimum atomic E-state index is 0.0485. The third kappa shape index (κ3) is 3.27. The molecule has 1 saturated heterocycles. The van der Waals surface area contributed by atoms with Crippen LogP contribution in [0.25, 0.3) is 0 Å². The van der Waals surface area contributed by atoms with Gasteiger partial charge in [-0.3, -0.25) is 0 Å². The number of methoxy groups -OCH3 is 1. The van der Waals surface area contributed by atoms with Gasteiger partial charge in [0, 0.05) is 20.2 Å². The lowest BCUT2D eigenvalue weighted by molar-refractivity contribution is 0.179. The average Bonchev–Trinajstić information content (AvgIpc) is 2.93. The molecule has 1 aromatic heterocycles. The standard InChI is InChI=1S/C14H24N2O2S/c1-14(2,3)10-5-6-16(7-10)13-15-11(9-18-4)12(8-17)19-13/h10,17H,5-9H2,1-4H3. The van der Waals surface area contributed by atoms with Crippen molar-refractivity contribution >= 4 is 16.5 Å². The zero-order valence-corrected chi connectivity index (χ0v) is 13.1. The van der Waals surface area contributed by atoms with Gasteiger partial charge in [-0.1, -0.05) is 32.1 Å². The summed E-state index contributed by atoms with van der Waals surface area (Å²) in [4.78, 5) is 7.90. The summed E-state index contributed by atoms with van der Waals surface area (Å²) in [5.74, 6) is 0.708. The largest absolute Gasteiger partial charge is 0.391 e. The number of aromatic nitrogens is 1. The Balaban J connectivity index is 2.11. The summed E-state index contributed by atoms with van der Waals surface area (Å²) in [6.07, 6.45) is 1.22. The summed E-state index contributed by atoms with van der Waals surface area (Å²) in [5, 5.41) is 10.4. The van der Waals surface area contributed by atoms with Crippen LogP contribution in [-0.4, -0.2) is 30.3 Å². The molecule has 1 aliphatic heterocycles. The van der Waals surface area contributed by atoms with Crippen LogP contribution in [0.2, 0.25) is 0 Å². The number of aliphatic hydroxyl groups excluding tert-OH is 1. The molecule has 0 aromatic carbocycles. The van der Waals surface area contributed by atoms with Crippen molar-refractivity contribution < 1.29 is 9.84 Å². The van der Waals surface area contributed by atoms with Gasteiger partial charge < -0.3 is 14.7 Å². The molecule has 0 aliphatic carbocycles. The summed E-state index contributed by atoms with van der Waals surface area (Å²) in [5.41, 5.74) is 1.23. The molecule has 0 amide bonds. The van der Waals surface area contributed by atoms with Crippen LogP contribution in [0.5, 0.6) is 0 Å². The molecule has 1 atom stereocenters. The Kier molecular flexibility index (Phi) is 4.48. The first kappa shape index (κ1) is 14.8. The highest BCUT2D eigenvalue weighted by Crippen LogP contribution is 2.37. The predicted octanol–water partition coefficient (Wildman–Crippen LogP) is 2.65. The minimum absolute atomic E-state index is 0.0485. The number of hydrogen-bond acceptors (Lipinski definition) is 5. The van der Waals surface area contributed by atoms with Crippen molar-refractivity contribution in [2.45, 2.75) is 40.4 Å². The van der Waals surface area contributed by atoms with Gasteiger partial charge in [0.05, 0.1) is 23.8 Å². The van der Waals surface area contributed by atoms with E-state index in [-0.39, 0.29) is 6.61 Å². The van der Waals surface area contributed by atoms with Crippen LogP contribution >= 0.6 is 11.3 Å². The zero-order valence-electron chi connectivity index (χ0n) is 12.3. The van der Waals surface area contributed by atoms with E-state index in [0.29, 0.717) is 17.9 Å². The maximum absolute atomic E-state index is 9.38. The summed E-state index contributed by atoms with van der Waals surface area (Å²) in [7, 11) is 1.66. The van der Waals surface area contributed by atoms with E-state index in [2.05, 4.69) is 30.7 Å². The van der Waals surface area contributed by atoms with Crippen molar-refractivity contribution in [3.8, 4) is 0 Å². The van der Waals surface area contributed by atoms with E-state index >= 15 is 0 Å². The molecule has 1 fully saturated rings. The fraction of sp³-hybridized carbons (Fsp3) is 0.786. The fourth-order valence-electron chi connectivity index (χ4n) is 2.52. The highest BCUT2D eigenvalue weighted by Gasteiger charge is 2.33. The monoisotopic (exact) mass is 284 g/mol. The molecule has 1 N–H and O–H groups in total. The lowest BCUT2D eigenvalue weighted by Gasteiger charge is -2.26. The van der Waals surface area contributed by atoms with Crippen molar-refractivity contribution in [3.05, 3.63) is 10.6 Å². The van der Waals surface area contributed by atoms with E-state index < -0.39 is 0 Å². The van der Waals surface area contributed by atoms with Crippen LogP contribution in [0.15, 0.2) is 0 Å². The molecule has 0 saturated carbocycles. The summed E-state index contributed by atoms with van der Waals surface area (Å²) < 4.78 is 5.14.